The SMILES string of the molecule is Cc1cccnc1N1C[C@@H]2C[C@H](C1)c1ccc(C(=O)N3C[C@@H](C)O[C@@H](C)C3)c(=O)n1C2. The summed E-state index contributed by atoms with van der Waals surface area (Å²) in [6.45, 7) is 9.46. The standard InChI is InChI=1S/C24H30N4O3/c1-15-5-4-8-25-22(15)26-12-18-9-19(14-26)21-7-6-20(24(30)28(21)13-18)23(29)27-10-16(2)31-17(3)11-27/h4-8,16-19H,9-14H2,1-3H3/t16-,17+,18-,19+/m0/s1. The van der Waals surface area contributed by atoms with E-state index in [-0.39, 0.29) is 35.2 Å². The van der Waals surface area contributed by atoms with E-state index in [1.54, 1.807) is 11.0 Å². The molecule has 0 N–H and O–H groups in total. The molecule has 31 heavy (non-hydrogen) atoms. The van der Waals surface area contributed by atoms with Crippen molar-refractivity contribution in [1.29, 1.82) is 0 Å². The lowest BCUT2D eigenvalue weighted by Crippen LogP contribution is -2.51. The van der Waals surface area contributed by atoms with Crippen molar-refractivity contribution in [3.63, 3.8) is 0 Å². The highest BCUT2D eigenvalue weighted by atomic mass is 16.5. The zero-order valence-corrected chi connectivity index (χ0v) is 18.5. The molecular weight excluding hydrogens is 392 g/mol. The third kappa shape index (κ3) is 3.65. The van der Waals surface area contributed by atoms with Crippen LogP contribution >= 0.6 is 0 Å². The van der Waals surface area contributed by atoms with Gasteiger partial charge in [0.25, 0.3) is 11.5 Å². The van der Waals surface area contributed by atoms with Gasteiger partial charge in [0.15, 0.2) is 0 Å². The van der Waals surface area contributed by atoms with Gasteiger partial charge in [0, 0.05) is 50.5 Å². The van der Waals surface area contributed by atoms with Crippen molar-refractivity contribution in [1.82, 2.24) is 14.5 Å². The first-order valence-electron chi connectivity index (χ1n) is 11.3. The number of piperidine rings is 1. The van der Waals surface area contributed by atoms with Crippen LogP contribution < -0.4 is 10.5 Å². The molecule has 0 aromatic carbocycles. The number of carbonyl (C=O) groups is 1. The summed E-state index contributed by atoms with van der Waals surface area (Å²) in [6, 6.07) is 7.80. The van der Waals surface area contributed by atoms with Crippen LogP contribution in [-0.2, 0) is 11.3 Å². The predicted octanol–water partition coefficient (Wildman–Crippen LogP) is 2.42. The number of hydrogen-bond donors (Lipinski definition) is 0. The minimum absolute atomic E-state index is 0.0199. The monoisotopic (exact) mass is 422 g/mol. The molecule has 2 bridgehead atoms. The molecule has 0 spiro atoms. The maximum atomic E-state index is 13.4. The largest absolute Gasteiger partial charge is 0.372 e. The van der Waals surface area contributed by atoms with Crippen molar-refractivity contribution in [3.05, 3.63) is 57.6 Å². The summed E-state index contributed by atoms with van der Waals surface area (Å²) in [6.07, 6.45) is 2.88. The summed E-state index contributed by atoms with van der Waals surface area (Å²) in [5, 5.41) is 0. The second kappa shape index (κ2) is 7.79. The van der Waals surface area contributed by atoms with Gasteiger partial charge in [-0.3, -0.25) is 9.59 Å². The number of amides is 1. The topological polar surface area (TPSA) is 67.7 Å². The Balaban J connectivity index is 1.43. The van der Waals surface area contributed by atoms with E-state index in [0.717, 1.165) is 31.0 Å². The Morgan fingerprint density at radius 2 is 1.84 bits per heavy atom. The van der Waals surface area contributed by atoms with Gasteiger partial charge in [-0.2, -0.15) is 0 Å². The Hall–Kier alpha value is -2.67. The van der Waals surface area contributed by atoms with Crippen molar-refractivity contribution in [2.75, 3.05) is 31.1 Å². The van der Waals surface area contributed by atoms with Crippen LogP contribution in [0.5, 0.6) is 0 Å². The minimum atomic E-state index is -0.177. The van der Waals surface area contributed by atoms with Crippen LogP contribution in [0.15, 0.2) is 35.3 Å². The second-order valence-corrected chi connectivity index (χ2v) is 9.40. The fourth-order valence-corrected chi connectivity index (χ4v) is 5.60. The van der Waals surface area contributed by atoms with Gasteiger partial charge in [0.1, 0.15) is 11.4 Å². The number of ether oxygens (including phenoxy) is 1. The predicted molar refractivity (Wildman–Crippen MR) is 119 cm³/mol. The fourth-order valence-electron chi connectivity index (χ4n) is 5.60. The average molecular weight is 423 g/mol. The molecule has 3 aliphatic heterocycles. The van der Waals surface area contributed by atoms with Crippen LogP contribution in [0.3, 0.4) is 0 Å². The molecule has 0 unspecified atom stereocenters. The Morgan fingerprint density at radius 3 is 2.58 bits per heavy atom. The molecule has 2 aromatic heterocycles. The molecule has 0 saturated carbocycles. The van der Waals surface area contributed by atoms with Gasteiger partial charge in [-0.15, -0.1) is 0 Å². The van der Waals surface area contributed by atoms with Gasteiger partial charge in [0.2, 0.25) is 0 Å². The molecule has 7 heteroatoms. The van der Waals surface area contributed by atoms with E-state index in [9.17, 15) is 9.59 Å². The van der Waals surface area contributed by atoms with E-state index in [1.807, 2.05) is 36.7 Å². The van der Waals surface area contributed by atoms with E-state index in [1.165, 1.54) is 5.56 Å². The van der Waals surface area contributed by atoms with Crippen LogP contribution in [0.2, 0.25) is 0 Å². The molecule has 0 aliphatic carbocycles. The first-order chi connectivity index (χ1) is 14.9. The molecule has 3 aliphatic rings. The number of aryl methyl sites for hydroxylation is 1. The summed E-state index contributed by atoms with van der Waals surface area (Å²) in [7, 11) is 0. The summed E-state index contributed by atoms with van der Waals surface area (Å²) < 4.78 is 7.60. The van der Waals surface area contributed by atoms with E-state index in [0.29, 0.717) is 25.6 Å². The lowest BCUT2D eigenvalue weighted by molar-refractivity contribution is -0.0586. The number of rotatable bonds is 2. The number of carbonyl (C=O) groups excluding carboxylic acids is 1. The number of fused-ring (bicyclic) bond motifs is 4. The Kier molecular flexibility index (Phi) is 5.08. The van der Waals surface area contributed by atoms with Gasteiger partial charge in [-0.25, -0.2) is 4.98 Å². The Bertz CT molecular complexity index is 1060. The highest BCUT2D eigenvalue weighted by Crippen LogP contribution is 2.37. The summed E-state index contributed by atoms with van der Waals surface area (Å²) in [4.78, 5) is 35.2. The molecule has 7 nitrogen and oxygen atoms in total. The Labute approximate surface area is 182 Å². The van der Waals surface area contributed by atoms with Crippen LogP contribution in [0.25, 0.3) is 0 Å². The van der Waals surface area contributed by atoms with Gasteiger partial charge < -0.3 is 19.1 Å². The molecule has 164 valence electrons. The zero-order valence-electron chi connectivity index (χ0n) is 18.5. The number of morpholine rings is 1. The highest BCUT2D eigenvalue weighted by molar-refractivity contribution is 5.94. The highest BCUT2D eigenvalue weighted by Gasteiger charge is 2.37. The summed E-state index contributed by atoms with van der Waals surface area (Å²) in [5.41, 5.74) is 2.35. The fraction of sp³-hybridized carbons (Fsp3) is 0.542. The molecule has 5 heterocycles. The third-order valence-corrected chi connectivity index (χ3v) is 6.82. The van der Waals surface area contributed by atoms with Crippen LogP contribution in [0, 0.1) is 12.8 Å². The van der Waals surface area contributed by atoms with Crippen molar-refractivity contribution in [3.8, 4) is 0 Å². The van der Waals surface area contributed by atoms with Crippen molar-refractivity contribution >= 4 is 11.7 Å². The number of aromatic nitrogens is 2. The molecule has 2 aromatic rings. The third-order valence-electron chi connectivity index (χ3n) is 6.82. The number of hydrogen-bond acceptors (Lipinski definition) is 5. The number of pyridine rings is 2. The molecule has 0 radical (unpaired) electrons. The first-order valence-corrected chi connectivity index (χ1v) is 11.3. The Morgan fingerprint density at radius 1 is 1.06 bits per heavy atom. The lowest BCUT2D eigenvalue weighted by atomic mass is 9.82. The minimum Gasteiger partial charge on any atom is -0.372 e. The number of nitrogens with zero attached hydrogens (tertiary/aromatic N) is 4. The summed E-state index contributed by atoms with van der Waals surface area (Å²) in [5.74, 6) is 1.51. The molecule has 2 fully saturated rings. The molecule has 2 saturated heterocycles. The van der Waals surface area contributed by atoms with Crippen molar-refractivity contribution in [2.45, 2.75) is 51.9 Å². The number of anilines is 1. The van der Waals surface area contributed by atoms with Gasteiger partial charge in [0.05, 0.1) is 12.2 Å². The smallest absolute Gasteiger partial charge is 0.263 e. The van der Waals surface area contributed by atoms with Gasteiger partial charge >= 0.3 is 0 Å². The van der Waals surface area contributed by atoms with E-state index >= 15 is 0 Å². The normalized spacial score (nSPS) is 27.7. The summed E-state index contributed by atoms with van der Waals surface area (Å²) >= 11 is 0. The zero-order chi connectivity index (χ0) is 21.7. The van der Waals surface area contributed by atoms with Crippen LogP contribution in [0.1, 0.15) is 47.8 Å². The maximum Gasteiger partial charge on any atom is 0.263 e. The molecule has 5 rings (SSSR count). The molecule has 4 atom stereocenters. The molecular formula is C24H30N4O3. The van der Waals surface area contributed by atoms with E-state index < -0.39 is 0 Å². The van der Waals surface area contributed by atoms with Crippen molar-refractivity contribution < 1.29 is 9.53 Å². The second-order valence-electron chi connectivity index (χ2n) is 9.40. The molecule has 1 amide bonds. The van der Waals surface area contributed by atoms with Gasteiger partial charge in [-0.05, 0) is 56.9 Å². The van der Waals surface area contributed by atoms with Crippen LogP contribution in [-0.4, -0.2) is 58.7 Å². The van der Waals surface area contributed by atoms with E-state index in [4.69, 9.17) is 4.74 Å². The van der Waals surface area contributed by atoms with Gasteiger partial charge in [-0.1, -0.05) is 6.07 Å². The van der Waals surface area contributed by atoms with E-state index in [2.05, 4.69) is 22.9 Å². The lowest BCUT2D eigenvalue weighted by Gasteiger charge is -2.43. The first kappa shape index (κ1) is 20.2. The average Bonchev–Trinajstić information content (AvgIpc) is 2.73. The van der Waals surface area contributed by atoms with Crippen LogP contribution in [0.4, 0.5) is 5.82 Å². The maximum absolute atomic E-state index is 13.4. The quantitative estimate of drug-likeness (QED) is 0.744. The van der Waals surface area contributed by atoms with Crippen molar-refractivity contribution in [2.24, 2.45) is 5.92 Å².